The van der Waals surface area contributed by atoms with E-state index in [4.69, 9.17) is 0 Å². The van der Waals surface area contributed by atoms with Gasteiger partial charge < -0.3 is 15.7 Å². The molecule has 0 aliphatic carbocycles. The summed E-state index contributed by atoms with van der Waals surface area (Å²) in [5.74, 6) is -0.973. The lowest BCUT2D eigenvalue weighted by Crippen LogP contribution is -2.53. The molecule has 2 amide bonds. The monoisotopic (exact) mass is 663 g/mol. The fourth-order valence-corrected chi connectivity index (χ4v) is 6.63. The Morgan fingerprint density at radius 3 is 2.06 bits per heavy atom. The van der Waals surface area contributed by atoms with E-state index >= 15 is 0 Å². The second kappa shape index (κ2) is 15.9. The van der Waals surface area contributed by atoms with E-state index in [1.165, 1.54) is 25.2 Å². The van der Waals surface area contributed by atoms with Gasteiger partial charge in [-0.1, -0.05) is 60.7 Å². The first-order valence-corrected chi connectivity index (χ1v) is 18.0. The van der Waals surface area contributed by atoms with Crippen LogP contribution in [0.4, 0.5) is 5.69 Å². The summed E-state index contributed by atoms with van der Waals surface area (Å²) in [7, 11) is -0.317. The van der Waals surface area contributed by atoms with Crippen molar-refractivity contribution in [3.8, 4) is 0 Å². The number of amides is 2. The predicted molar refractivity (Wildman–Crippen MR) is 187 cm³/mol. The SMILES string of the molecule is CC(C)N1CCC[C@@H]1N(C)C[C@@H](O)[C@H](Cc1ccccc1)NC(=O)c1cc(C(=O)N[C@H](C)c2ccccc2)cc(N(C)S(C)(=O)=O)c1. The minimum Gasteiger partial charge on any atom is -0.390 e. The van der Waals surface area contributed by atoms with Crippen LogP contribution in [0.15, 0.2) is 78.9 Å². The Balaban J connectivity index is 1.62. The van der Waals surface area contributed by atoms with E-state index in [-0.39, 0.29) is 29.0 Å². The second-order valence-electron chi connectivity index (χ2n) is 12.8. The Morgan fingerprint density at radius 2 is 1.49 bits per heavy atom. The Kier molecular flexibility index (Phi) is 12.2. The summed E-state index contributed by atoms with van der Waals surface area (Å²) in [6.45, 7) is 7.55. The van der Waals surface area contributed by atoms with Crippen molar-refractivity contribution >= 4 is 27.5 Å². The number of hydrogen-bond donors (Lipinski definition) is 3. The zero-order chi connectivity index (χ0) is 34.3. The normalized spacial score (nSPS) is 17.3. The molecule has 0 aromatic heterocycles. The van der Waals surface area contributed by atoms with Crippen LogP contribution in [0.3, 0.4) is 0 Å². The van der Waals surface area contributed by atoms with E-state index in [9.17, 15) is 23.1 Å². The van der Waals surface area contributed by atoms with Crippen LogP contribution in [0, 0.1) is 0 Å². The van der Waals surface area contributed by atoms with E-state index in [0.717, 1.165) is 41.1 Å². The number of rotatable bonds is 14. The van der Waals surface area contributed by atoms with E-state index in [1.54, 1.807) is 0 Å². The summed E-state index contributed by atoms with van der Waals surface area (Å²) in [4.78, 5) is 32.0. The van der Waals surface area contributed by atoms with Crippen molar-refractivity contribution in [1.29, 1.82) is 0 Å². The minimum atomic E-state index is -3.70. The summed E-state index contributed by atoms with van der Waals surface area (Å²) < 4.78 is 26.0. The van der Waals surface area contributed by atoms with Gasteiger partial charge in [0.2, 0.25) is 10.0 Å². The number of aliphatic hydroxyl groups is 1. The first kappa shape index (κ1) is 36.1. The van der Waals surface area contributed by atoms with E-state index in [1.807, 2.05) is 74.6 Å². The molecule has 1 fully saturated rings. The van der Waals surface area contributed by atoms with Gasteiger partial charge in [-0.05, 0) is 76.4 Å². The highest BCUT2D eigenvalue weighted by Crippen LogP contribution is 2.24. The van der Waals surface area contributed by atoms with E-state index in [0.29, 0.717) is 19.0 Å². The summed E-state index contributed by atoms with van der Waals surface area (Å²) in [5.41, 5.74) is 2.27. The van der Waals surface area contributed by atoms with Crippen molar-refractivity contribution in [2.45, 2.75) is 70.4 Å². The average molecular weight is 664 g/mol. The molecule has 11 heteroatoms. The van der Waals surface area contributed by atoms with E-state index in [2.05, 4.69) is 34.3 Å². The number of carbonyl (C=O) groups is 2. The minimum absolute atomic E-state index is 0.107. The van der Waals surface area contributed by atoms with Gasteiger partial charge in [0.05, 0.1) is 36.3 Å². The quantitative estimate of drug-likeness (QED) is 0.238. The third-order valence-corrected chi connectivity index (χ3v) is 10.1. The van der Waals surface area contributed by atoms with Crippen LogP contribution < -0.4 is 14.9 Å². The van der Waals surface area contributed by atoms with Crippen LogP contribution in [0.2, 0.25) is 0 Å². The molecule has 1 heterocycles. The predicted octanol–water partition coefficient (Wildman–Crippen LogP) is 4.04. The zero-order valence-electron chi connectivity index (χ0n) is 28.3. The molecule has 47 heavy (non-hydrogen) atoms. The van der Waals surface area contributed by atoms with Crippen LogP contribution in [0.5, 0.6) is 0 Å². The van der Waals surface area contributed by atoms with Gasteiger partial charge >= 0.3 is 0 Å². The average Bonchev–Trinajstić information content (AvgIpc) is 3.55. The van der Waals surface area contributed by atoms with Crippen LogP contribution >= 0.6 is 0 Å². The molecule has 10 nitrogen and oxygen atoms in total. The molecule has 0 spiro atoms. The maximum Gasteiger partial charge on any atom is 0.251 e. The van der Waals surface area contributed by atoms with Gasteiger partial charge in [-0.2, -0.15) is 0 Å². The number of nitrogens with one attached hydrogen (secondary N) is 2. The molecular formula is C36H49N5O5S. The highest BCUT2D eigenvalue weighted by Gasteiger charge is 2.32. The van der Waals surface area contributed by atoms with Crippen LogP contribution in [-0.4, -0.2) is 92.9 Å². The number of hydrogen-bond acceptors (Lipinski definition) is 7. The summed E-state index contributed by atoms with van der Waals surface area (Å²) in [5, 5.41) is 17.6. The number of nitrogens with zero attached hydrogens (tertiary/aromatic N) is 3. The molecule has 0 saturated carbocycles. The Morgan fingerprint density at radius 1 is 0.915 bits per heavy atom. The molecule has 4 atom stereocenters. The van der Waals surface area contributed by atoms with Gasteiger partial charge in [-0.3, -0.25) is 23.7 Å². The molecule has 4 rings (SSSR count). The van der Waals surface area contributed by atoms with Gasteiger partial charge in [0.25, 0.3) is 11.8 Å². The molecule has 0 radical (unpaired) electrons. The fraction of sp³-hybridized carbons (Fsp3) is 0.444. The fourth-order valence-electron chi connectivity index (χ4n) is 6.15. The number of likely N-dealkylation sites (N-methyl/N-ethyl adjacent to an activating group) is 1. The maximum atomic E-state index is 13.9. The number of benzene rings is 3. The Labute approximate surface area is 279 Å². The second-order valence-corrected chi connectivity index (χ2v) is 14.8. The Bertz CT molecular complexity index is 1600. The largest absolute Gasteiger partial charge is 0.390 e. The lowest BCUT2D eigenvalue weighted by molar-refractivity contribution is 0.0220. The molecule has 0 unspecified atom stereocenters. The topological polar surface area (TPSA) is 122 Å². The highest BCUT2D eigenvalue weighted by molar-refractivity contribution is 7.92. The van der Waals surface area contributed by atoms with Crippen molar-refractivity contribution in [3.05, 3.63) is 101 Å². The zero-order valence-corrected chi connectivity index (χ0v) is 29.1. The van der Waals surface area contributed by atoms with Gasteiger partial charge in [-0.25, -0.2) is 8.42 Å². The van der Waals surface area contributed by atoms with Gasteiger partial charge in [0.15, 0.2) is 0 Å². The van der Waals surface area contributed by atoms with Crippen molar-refractivity contribution in [2.24, 2.45) is 0 Å². The molecular weight excluding hydrogens is 614 g/mol. The lowest BCUT2D eigenvalue weighted by atomic mass is 9.99. The lowest BCUT2D eigenvalue weighted by Gasteiger charge is -2.37. The van der Waals surface area contributed by atoms with Gasteiger partial charge in [0.1, 0.15) is 0 Å². The van der Waals surface area contributed by atoms with Crippen LogP contribution in [0.25, 0.3) is 0 Å². The maximum absolute atomic E-state index is 13.9. The third-order valence-electron chi connectivity index (χ3n) is 8.94. The molecule has 1 aliphatic rings. The first-order chi connectivity index (χ1) is 22.2. The molecule has 254 valence electrons. The van der Waals surface area contributed by atoms with Crippen molar-refractivity contribution in [3.63, 3.8) is 0 Å². The molecule has 1 aliphatic heterocycles. The van der Waals surface area contributed by atoms with Gasteiger partial charge in [0, 0.05) is 37.3 Å². The van der Waals surface area contributed by atoms with Crippen LogP contribution in [0.1, 0.15) is 71.5 Å². The summed E-state index contributed by atoms with van der Waals surface area (Å²) in [6, 6.07) is 22.9. The summed E-state index contributed by atoms with van der Waals surface area (Å²) >= 11 is 0. The smallest absolute Gasteiger partial charge is 0.251 e. The van der Waals surface area contributed by atoms with E-state index < -0.39 is 34.0 Å². The van der Waals surface area contributed by atoms with Crippen molar-refractivity contribution < 1.29 is 23.1 Å². The highest BCUT2D eigenvalue weighted by atomic mass is 32.2. The van der Waals surface area contributed by atoms with Crippen molar-refractivity contribution in [1.82, 2.24) is 20.4 Å². The number of likely N-dealkylation sites (tertiary alicyclic amines) is 1. The standard InChI is InChI=1S/C36H49N5O5S/c1-25(2)41-19-13-18-34(41)39(4)24-33(42)32(20-27-14-9-7-10-15-27)38-36(44)30-21-29(22-31(23-30)40(5)47(6,45)46)35(43)37-26(3)28-16-11-8-12-17-28/h7-12,14-17,21-23,25-26,32-34,42H,13,18-20,24H2,1-6H3,(H,37,43)(H,38,44)/t26-,32+,33-,34-/m1/s1. The number of sulfonamides is 1. The summed E-state index contributed by atoms with van der Waals surface area (Å²) in [6.07, 6.45) is 2.82. The van der Waals surface area contributed by atoms with Crippen LogP contribution in [-0.2, 0) is 16.4 Å². The molecule has 0 bridgehead atoms. The van der Waals surface area contributed by atoms with Crippen molar-refractivity contribution in [2.75, 3.05) is 37.7 Å². The third kappa shape index (κ3) is 9.63. The molecule has 3 aromatic rings. The molecule has 1 saturated heterocycles. The Hall–Kier alpha value is -3.77. The molecule has 3 aromatic carbocycles. The number of aliphatic hydroxyl groups excluding tert-OH is 1. The number of carbonyl (C=O) groups excluding carboxylic acids is 2. The molecule has 3 N–H and O–H groups in total. The van der Waals surface area contributed by atoms with Gasteiger partial charge in [-0.15, -0.1) is 0 Å². The number of anilines is 1. The first-order valence-electron chi connectivity index (χ1n) is 16.2.